The zero-order chi connectivity index (χ0) is 12.1. The van der Waals surface area contributed by atoms with Crippen LogP contribution < -0.4 is 5.32 Å². The number of nitrogens with one attached hydrogen (secondary N) is 1. The molecule has 94 valence electrons. The Bertz CT molecular complexity index is 370. The molecule has 0 spiro atoms. The standard InChI is InChI=1S/C12H19N3O2/c1-10-7-14-15(9-10)5-4-12(16)13-8-11-3-2-6-17-11/h7,9,11H,2-6,8H2,1H3,(H,13,16). The topological polar surface area (TPSA) is 56.2 Å². The van der Waals surface area contributed by atoms with Gasteiger partial charge in [0.25, 0.3) is 0 Å². The molecule has 0 bridgehead atoms. The summed E-state index contributed by atoms with van der Waals surface area (Å²) in [5.41, 5.74) is 1.12. The molecule has 0 radical (unpaired) electrons. The Balaban J connectivity index is 1.63. The normalized spacial score (nSPS) is 19.5. The average Bonchev–Trinajstić information content (AvgIpc) is 2.95. The van der Waals surface area contributed by atoms with E-state index in [0.29, 0.717) is 19.5 Å². The molecule has 5 heteroatoms. The monoisotopic (exact) mass is 237 g/mol. The van der Waals surface area contributed by atoms with E-state index in [1.54, 1.807) is 10.9 Å². The van der Waals surface area contributed by atoms with Crippen LogP contribution in [0.1, 0.15) is 24.8 Å². The number of aryl methyl sites for hydroxylation is 2. The molecule has 1 saturated heterocycles. The van der Waals surface area contributed by atoms with Crippen molar-refractivity contribution < 1.29 is 9.53 Å². The minimum absolute atomic E-state index is 0.0636. The van der Waals surface area contributed by atoms with Crippen LogP contribution in [-0.4, -0.2) is 34.9 Å². The Morgan fingerprint density at radius 1 is 1.71 bits per heavy atom. The van der Waals surface area contributed by atoms with Crippen molar-refractivity contribution in [1.82, 2.24) is 15.1 Å². The Labute approximate surface area is 101 Å². The third kappa shape index (κ3) is 3.85. The first kappa shape index (κ1) is 12.1. The summed E-state index contributed by atoms with van der Waals surface area (Å²) < 4.78 is 7.23. The van der Waals surface area contributed by atoms with E-state index in [4.69, 9.17) is 4.74 Å². The number of hydrogen-bond acceptors (Lipinski definition) is 3. The molecule has 1 amide bonds. The molecule has 1 aliphatic rings. The van der Waals surface area contributed by atoms with Gasteiger partial charge in [-0.15, -0.1) is 0 Å². The largest absolute Gasteiger partial charge is 0.376 e. The summed E-state index contributed by atoms with van der Waals surface area (Å²) in [7, 11) is 0. The van der Waals surface area contributed by atoms with Crippen LogP contribution in [0.25, 0.3) is 0 Å². The number of nitrogens with zero attached hydrogens (tertiary/aromatic N) is 2. The predicted molar refractivity (Wildman–Crippen MR) is 63.6 cm³/mol. The number of amides is 1. The molecule has 1 unspecified atom stereocenters. The molecule has 1 fully saturated rings. The lowest BCUT2D eigenvalue weighted by atomic mass is 10.2. The Morgan fingerprint density at radius 2 is 2.59 bits per heavy atom. The second-order valence-corrected chi connectivity index (χ2v) is 4.47. The van der Waals surface area contributed by atoms with Gasteiger partial charge in [-0.3, -0.25) is 9.48 Å². The van der Waals surface area contributed by atoms with Crippen LogP contribution in [0, 0.1) is 6.92 Å². The molecule has 1 aromatic rings. The first-order valence-electron chi connectivity index (χ1n) is 6.11. The number of aromatic nitrogens is 2. The SMILES string of the molecule is Cc1cnn(CCC(=O)NCC2CCCO2)c1. The van der Waals surface area contributed by atoms with Crippen molar-refractivity contribution in [2.45, 2.75) is 38.8 Å². The third-order valence-electron chi connectivity index (χ3n) is 2.88. The molecule has 2 rings (SSSR count). The number of ether oxygens (including phenoxy) is 1. The van der Waals surface area contributed by atoms with Gasteiger partial charge in [0.05, 0.1) is 12.3 Å². The highest BCUT2D eigenvalue weighted by atomic mass is 16.5. The van der Waals surface area contributed by atoms with Crippen molar-refractivity contribution in [3.05, 3.63) is 18.0 Å². The summed E-state index contributed by atoms with van der Waals surface area (Å²) in [4.78, 5) is 11.6. The predicted octanol–water partition coefficient (Wildman–Crippen LogP) is 0.877. The van der Waals surface area contributed by atoms with Crippen LogP contribution >= 0.6 is 0 Å². The second-order valence-electron chi connectivity index (χ2n) is 4.47. The Kier molecular flexibility index (Phi) is 4.14. The summed E-state index contributed by atoms with van der Waals surface area (Å²) in [5, 5.41) is 7.03. The van der Waals surface area contributed by atoms with Crippen LogP contribution in [0.5, 0.6) is 0 Å². The van der Waals surface area contributed by atoms with E-state index in [2.05, 4.69) is 10.4 Å². The van der Waals surface area contributed by atoms with E-state index in [9.17, 15) is 4.79 Å². The van der Waals surface area contributed by atoms with Gasteiger partial charge in [-0.2, -0.15) is 5.10 Å². The maximum atomic E-state index is 11.6. The van der Waals surface area contributed by atoms with Gasteiger partial charge in [0, 0.05) is 32.3 Å². The highest BCUT2D eigenvalue weighted by molar-refractivity contribution is 5.75. The van der Waals surface area contributed by atoms with Crippen LogP contribution in [0.3, 0.4) is 0 Å². The molecule has 1 aromatic heterocycles. The van der Waals surface area contributed by atoms with Crippen LogP contribution in [-0.2, 0) is 16.1 Å². The van der Waals surface area contributed by atoms with Crippen LogP contribution in [0.15, 0.2) is 12.4 Å². The molecule has 1 atom stereocenters. The number of rotatable bonds is 5. The van der Waals surface area contributed by atoms with E-state index < -0.39 is 0 Å². The fourth-order valence-corrected chi connectivity index (χ4v) is 1.93. The van der Waals surface area contributed by atoms with Crippen LogP contribution in [0.4, 0.5) is 0 Å². The molecule has 0 aromatic carbocycles. The van der Waals surface area contributed by atoms with Gasteiger partial charge in [-0.05, 0) is 25.3 Å². The molecule has 2 heterocycles. The van der Waals surface area contributed by atoms with Gasteiger partial charge in [-0.1, -0.05) is 0 Å². The molecule has 1 aliphatic heterocycles. The van der Waals surface area contributed by atoms with E-state index in [-0.39, 0.29) is 12.0 Å². The highest BCUT2D eigenvalue weighted by Gasteiger charge is 2.15. The van der Waals surface area contributed by atoms with E-state index >= 15 is 0 Å². The van der Waals surface area contributed by atoms with Crippen molar-refractivity contribution in [3.8, 4) is 0 Å². The zero-order valence-electron chi connectivity index (χ0n) is 10.2. The lowest BCUT2D eigenvalue weighted by Gasteiger charge is -2.10. The van der Waals surface area contributed by atoms with Gasteiger partial charge < -0.3 is 10.1 Å². The minimum Gasteiger partial charge on any atom is -0.376 e. The quantitative estimate of drug-likeness (QED) is 0.827. The van der Waals surface area contributed by atoms with Gasteiger partial charge >= 0.3 is 0 Å². The third-order valence-corrected chi connectivity index (χ3v) is 2.88. The average molecular weight is 237 g/mol. The molecule has 17 heavy (non-hydrogen) atoms. The summed E-state index contributed by atoms with van der Waals surface area (Å²) >= 11 is 0. The fourth-order valence-electron chi connectivity index (χ4n) is 1.93. The van der Waals surface area contributed by atoms with E-state index in [1.807, 2.05) is 13.1 Å². The minimum atomic E-state index is 0.0636. The Morgan fingerprint density at radius 3 is 3.24 bits per heavy atom. The molecule has 0 saturated carbocycles. The molecular weight excluding hydrogens is 218 g/mol. The lowest BCUT2D eigenvalue weighted by Crippen LogP contribution is -2.32. The Hall–Kier alpha value is -1.36. The molecular formula is C12H19N3O2. The van der Waals surface area contributed by atoms with E-state index in [1.165, 1.54) is 0 Å². The van der Waals surface area contributed by atoms with Crippen LogP contribution in [0.2, 0.25) is 0 Å². The molecule has 1 N–H and O–H groups in total. The first-order valence-corrected chi connectivity index (χ1v) is 6.11. The first-order chi connectivity index (χ1) is 8.24. The second kappa shape index (κ2) is 5.82. The number of hydrogen-bond donors (Lipinski definition) is 1. The number of carbonyl (C=O) groups excluding carboxylic acids is 1. The number of carbonyl (C=O) groups is 1. The molecule has 0 aliphatic carbocycles. The summed E-state index contributed by atoms with van der Waals surface area (Å²) in [6.07, 6.45) is 6.57. The lowest BCUT2D eigenvalue weighted by molar-refractivity contribution is -0.121. The fraction of sp³-hybridized carbons (Fsp3) is 0.667. The van der Waals surface area contributed by atoms with Crippen molar-refractivity contribution in [3.63, 3.8) is 0 Å². The zero-order valence-corrected chi connectivity index (χ0v) is 10.2. The summed E-state index contributed by atoms with van der Waals surface area (Å²) in [6.45, 7) is 4.08. The highest BCUT2D eigenvalue weighted by Crippen LogP contribution is 2.10. The van der Waals surface area contributed by atoms with Gasteiger partial charge in [0.15, 0.2) is 0 Å². The van der Waals surface area contributed by atoms with Crippen molar-refractivity contribution in [2.24, 2.45) is 0 Å². The molecule has 5 nitrogen and oxygen atoms in total. The van der Waals surface area contributed by atoms with Gasteiger partial charge in [0.2, 0.25) is 5.91 Å². The van der Waals surface area contributed by atoms with Crippen molar-refractivity contribution >= 4 is 5.91 Å². The smallest absolute Gasteiger partial charge is 0.221 e. The van der Waals surface area contributed by atoms with E-state index in [0.717, 1.165) is 25.0 Å². The van der Waals surface area contributed by atoms with Gasteiger partial charge in [-0.25, -0.2) is 0 Å². The maximum Gasteiger partial charge on any atom is 0.221 e. The van der Waals surface area contributed by atoms with Crippen molar-refractivity contribution in [2.75, 3.05) is 13.2 Å². The van der Waals surface area contributed by atoms with Gasteiger partial charge in [0.1, 0.15) is 0 Å². The summed E-state index contributed by atoms with van der Waals surface area (Å²) in [5.74, 6) is 0.0636. The maximum absolute atomic E-state index is 11.6. The summed E-state index contributed by atoms with van der Waals surface area (Å²) in [6, 6.07) is 0. The van der Waals surface area contributed by atoms with Crippen molar-refractivity contribution in [1.29, 1.82) is 0 Å².